The predicted octanol–water partition coefficient (Wildman–Crippen LogP) is 2.43. The fraction of sp³-hybridized carbons (Fsp3) is 0.900. The third-order valence-electron chi connectivity index (χ3n) is 6.28. The summed E-state index contributed by atoms with van der Waals surface area (Å²) in [6.07, 6.45) is 8.08. The van der Waals surface area contributed by atoms with Gasteiger partial charge in [0, 0.05) is 45.3 Å². The van der Waals surface area contributed by atoms with Gasteiger partial charge < -0.3 is 15.5 Å². The van der Waals surface area contributed by atoms with Crippen molar-refractivity contribution in [3.63, 3.8) is 0 Å². The van der Waals surface area contributed by atoms with Gasteiger partial charge in [-0.05, 0) is 46.0 Å². The van der Waals surface area contributed by atoms with Crippen LogP contribution in [0.4, 0.5) is 0 Å². The Morgan fingerprint density at radius 1 is 1.26 bits per heavy atom. The van der Waals surface area contributed by atoms with Crippen LogP contribution in [0.3, 0.4) is 0 Å². The first-order chi connectivity index (χ1) is 12.4. The molecule has 1 aliphatic heterocycles. The number of likely N-dealkylation sites (tertiary alicyclic amines) is 1. The van der Waals surface area contributed by atoms with Gasteiger partial charge in [0.15, 0.2) is 5.96 Å². The molecule has 1 saturated heterocycles. The van der Waals surface area contributed by atoms with Crippen molar-refractivity contribution in [3.05, 3.63) is 0 Å². The monoisotopic (exact) mass is 491 g/mol. The molecule has 0 bridgehead atoms. The van der Waals surface area contributed by atoms with Crippen LogP contribution >= 0.6 is 24.0 Å². The summed E-state index contributed by atoms with van der Waals surface area (Å²) in [6, 6.07) is 1.92. The molecule has 0 spiro atoms. The van der Waals surface area contributed by atoms with Crippen LogP contribution in [0, 0.1) is 5.41 Å². The number of hydrogen-bond acceptors (Lipinski definition) is 3. The third kappa shape index (κ3) is 5.49. The van der Waals surface area contributed by atoms with Crippen molar-refractivity contribution in [1.29, 1.82) is 0 Å². The van der Waals surface area contributed by atoms with E-state index < -0.39 is 0 Å². The molecule has 0 aromatic heterocycles. The van der Waals surface area contributed by atoms with Crippen molar-refractivity contribution in [2.75, 3.05) is 33.7 Å². The fourth-order valence-corrected chi connectivity index (χ4v) is 4.79. The summed E-state index contributed by atoms with van der Waals surface area (Å²) in [7, 11) is 3.73. The van der Waals surface area contributed by atoms with E-state index in [0.29, 0.717) is 18.6 Å². The van der Waals surface area contributed by atoms with Crippen molar-refractivity contribution >= 4 is 35.8 Å². The summed E-state index contributed by atoms with van der Waals surface area (Å²) in [5.41, 5.74) is -0.297. The molecule has 0 radical (unpaired) electrons. The quantitative estimate of drug-likeness (QED) is 0.341. The Kier molecular flexibility index (Phi) is 8.21. The van der Waals surface area contributed by atoms with Crippen LogP contribution in [0.25, 0.3) is 0 Å². The molecule has 0 aromatic rings. The van der Waals surface area contributed by atoms with Crippen LogP contribution in [0.2, 0.25) is 0 Å². The normalized spacial score (nSPS) is 27.9. The molecule has 2 atom stereocenters. The first-order valence-electron chi connectivity index (χ1n) is 10.5. The summed E-state index contributed by atoms with van der Waals surface area (Å²) < 4.78 is 0. The van der Waals surface area contributed by atoms with Crippen LogP contribution in [0.1, 0.15) is 58.8 Å². The van der Waals surface area contributed by atoms with Gasteiger partial charge in [-0.1, -0.05) is 12.8 Å². The molecule has 27 heavy (non-hydrogen) atoms. The second kappa shape index (κ2) is 9.76. The lowest BCUT2D eigenvalue weighted by Gasteiger charge is -2.29. The Bertz CT molecular complexity index is 528. The molecule has 156 valence electrons. The van der Waals surface area contributed by atoms with E-state index in [4.69, 9.17) is 4.99 Å². The van der Waals surface area contributed by atoms with Gasteiger partial charge in [0.05, 0.1) is 12.0 Å². The van der Waals surface area contributed by atoms with Crippen LogP contribution in [-0.4, -0.2) is 73.5 Å². The standard InChI is InChI=1S/C20H37N5O.HI/c1-5-21-19(23-16-12-15(2)25(13-16)17-8-9-17)22-14-20(10-6-7-11-20)18(26)24(3)4;/h15-17H,5-14H2,1-4H3,(H2,21,22,23);1H. The van der Waals surface area contributed by atoms with E-state index in [1.54, 1.807) is 4.90 Å². The number of aliphatic imine (C=N–C) groups is 1. The van der Waals surface area contributed by atoms with Gasteiger partial charge >= 0.3 is 0 Å². The van der Waals surface area contributed by atoms with Crippen LogP contribution < -0.4 is 10.6 Å². The second-order valence-electron chi connectivity index (χ2n) is 8.74. The summed E-state index contributed by atoms with van der Waals surface area (Å²) in [4.78, 5) is 22.0. The first kappa shape index (κ1) is 22.7. The molecule has 7 heteroatoms. The number of rotatable bonds is 6. The largest absolute Gasteiger partial charge is 0.357 e. The Morgan fingerprint density at radius 3 is 2.48 bits per heavy atom. The maximum atomic E-state index is 12.8. The lowest BCUT2D eigenvalue weighted by molar-refractivity contribution is -0.138. The summed E-state index contributed by atoms with van der Waals surface area (Å²) in [6.45, 7) is 6.98. The Balaban J connectivity index is 0.00000261. The van der Waals surface area contributed by atoms with E-state index in [1.165, 1.54) is 19.3 Å². The summed E-state index contributed by atoms with van der Waals surface area (Å²) in [5, 5.41) is 7.03. The van der Waals surface area contributed by atoms with Gasteiger partial charge in [-0.25, -0.2) is 0 Å². The lowest BCUT2D eigenvalue weighted by Crippen LogP contribution is -2.46. The Morgan fingerprint density at radius 2 is 1.93 bits per heavy atom. The smallest absolute Gasteiger partial charge is 0.230 e. The van der Waals surface area contributed by atoms with Gasteiger partial charge in [0.1, 0.15) is 0 Å². The SMILES string of the molecule is CCNC(=NCC1(C(=O)N(C)C)CCCC1)NC1CC(C)N(C2CC2)C1.I. The van der Waals surface area contributed by atoms with Crippen molar-refractivity contribution in [2.24, 2.45) is 10.4 Å². The highest BCUT2D eigenvalue weighted by Crippen LogP contribution is 2.40. The van der Waals surface area contributed by atoms with Gasteiger partial charge in [-0.15, -0.1) is 24.0 Å². The highest BCUT2D eigenvalue weighted by Gasteiger charge is 2.42. The van der Waals surface area contributed by atoms with Crippen molar-refractivity contribution in [1.82, 2.24) is 20.4 Å². The van der Waals surface area contributed by atoms with Crippen molar-refractivity contribution in [3.8, 4) is 0 Å². The van der Waals surface area contributed by atoms with E-state index in [1.807, 2.05) is 14.1 Å². The van der Waals surface area contributed by atoms with Crippen LogP contribution in [-0.2, 0) is 4.79 Å². The number of amides is 1. The molecule has 3 rings (SSSR count). The molecule has 2 unspecified atom stereocenters. The van der Waals surface area contributed by atoms with E-state index in [9.17, 15) is 4.79 Å². The molecule has 3 fully saturated rings. The molecule has 2 aliphatic carbocycles. The third-order valence-corrected chi connectivity index (χ3v) is 6.28. The minimum atomic E-state index is -0.297. The first-order valence-corrected chi connectivity index (χ1v) is 10.5. The molecule has 1 heterocycles. The number of hydrogen-bond donors (Lipinski definition) is 2. The maximum Gasteiger partial charge on any atom is 0.230 e. The lowest BCUT2D eigenvalue weighted by atomic mass is 9.85. The van der Waals surface area contributed by atoms with Gasteiger partial charge in [0.25, 0.3) is 0 Å². The number of carbonyl (C=O) groups excluding carboxylic acids is 1. The molecule has 1 amide bonds. The zero-order valence-electron chi connectivity index (χ0n) is 17.5. The topological polar surface area (TPSA) is 60.0 Å². The molecule has 3 aliphatic rings. The van der Waals surface area contributed by atoms with Crippen molar-refractivity contribution < 1.29 is 4.79 Å². The predicted molar refractivity (Wildman–Crippen MR) is 122 cm³/mol. The average molecular weight is 491 g/mol. The molecule has 6 nitrogen and oxygen atoms in total. The molecular formula is C20H38IN5O. The Hall–Kier alpha value is -0.570. The molecule has 2 saturated carbocycles. The number of carbonyl (C=O) groups is 1. The molecule has 0 aromatic carbocycles. The van der Waals surface area contributed by atoms with Crippen molar-refractivity contribution in [2.45, 2.75) is 76.9 Å². The fourth-order valence-electron chi connectivity index (χ4n) is 4.79. The number of halogens is 1. The van der Waals surface area contributed by atoms with Crippen LogP contribution in [0.15, 0.2) is 4.99 Å². The highest BCUT2D eigenvalue weighted by molar-refractivity contribution is 14.0. The minimum absolute atomic E-state index is 0. The van der Waals surface area contributed by atoms with E-state index in [-0.39, 0.29) is 35.3 Å². The molecule has 2 N–H and O–H groups in total. The Labute approximate surface area is 181 Å². The summed E-state index contributed by atoms with van der Waals surface area (Å²) in [5.74, 6) is 1.11. The summed E-state index contributed by atoms with van der Waals surface area (Å²) >= 11 is 0. The number of guanidine groups is 1. The van der Waals surface area contributed by atoms with Gasteiger partial charge in [0.2, 0.25) is 5.91 Å². The maximum absolute atomic E-state index is 12.8. The second-order valence-corrected chi connectivity index (χ2v) is 8.74. The van der Waals surface area contributed by atoms with E-state index >= 15 is 0 Å². The van der Waals surface area contributed by atoms with E-state index in [2.05, 4.69) is 29.4 Å². The minimum Gasteiger partial charge on any atom is -0.357 e. The number of nitrogens with one attached hydrogen (secondary N) is 2. The highest BCUT2D eigenvalue weighted by atomic mass is 127. The zero-order chi connectivity index (χ0) is 18.7. The number of nitrogens with zero attached hydrogens (tertiary/aromatic N) is 3. The zero-order valence-corrected chi connectivity index (χ0v) is 19.8. The van der Waals surface area contributed by atoms with Gasteiger partial charge in [-0.2, -0.15) is 0 Å². The average Bonchev–Trinajstić information content (AvgIpc) is 3.22. The van der Waals surface area contributed by atoms with Gasteiger partial charge in [-0.3, -0.25) is 14.7 Å². The van der Waals surface area contributed by atoms with Crippen LogP contribution in [0.5, 0.6) is 0 Å². The van der Waals surface area contributed by atoms with E-state index in [0.717, 1.165) is 50.8 Å². The molecular weight excluding hydrogens is 453 g/mol.